The Morgan fingerprint density at radius 3 is 2.43 bits per heavy atom. The van der Waals surface area contributed by atoms with E-state index in [1.165, 1.54) is 24.3 Å². The van der Waals surface area contributed by atoms with Gasteiger partial charge in [-0.2, -0.15) is 0 Å². The van der Waals surface area contributed by atoms with Crippen LogP contribution in [0.4, 0.5) is 5.69 Å². The Hall–Kier alpha value is -2.53. The minimum atomic E-state index is -0.646. The van der Waals surface area contributed by atoms with Crippen LogP contribution in [0.3, 0.4) is 0 Å². The van der Waals surface area contributed by atoms with Crippen LogP contribution in [-0.4, -0.2) is 23.6 Å². The minimum Gasteiger partial charge on any atom is -0.508 e. The SMILES string of the molecule is Cc1cc(C)c(NC(=O)COC(=O)c2ccc(O)cc2)c(Cl)c1. The van der Waals surface area contributed by atoms with Gasteiger partial charge in [-0.3, -0.25) is 4.79 Å². The van der Waals surface area contributed by atoms with Crippen LogP contribution in [-0.2, 0) is 9.53 Å². The molecule has 5 nitrogen and oxygen atoms in total. The lowest BCUT2D eigenvalue weighted by atomic mass is 10.1. The summed E-state index contributed by atoms with van der Waals surface area (Å²) in [5.74, 6) is -1.08. The van der Waals surface area contributed by atoms with Crippen molar-refractivity contribution in [2.24, 2.45) is 0 Å². The average Bonchev–Trinajstić information content (AvgIpc) is 2.49. The van der Waals surface area contributed by atoms with E-state index in [9.17, 15) is 9.59 Å². The molecule has 6 heteroatoms. The molecule has 0 unspecified atom stereocenters. The number of benzene rings is 2. The molecule has 0 atom stereocenters. The molecule has 0 saturated heterocycles. The van der Waals surface area contributed by atoms with Gasteiger partial charge in [0.25, 0.3) is 5.91 Å². The fourth-order valence-electron chi connectivity index (χ4n) is 2.06. The second-order valence-corrected chi connectivity index (χ2v) is 5.52. The lowest BCUT2D eigenvalue weighted by molar-refractivity contribution is -0.119. The summed E-state index contributed by atoms with van der Waals surface area (Å²) in [4.78, 5) is 23.7. The Bertz CT molecular complexity index is 718. The Labute approximate surface area is 138 Å². The zero-order chi connectivity index (χ0) is 17.0. The van der Waals surface area contributed by atoms with E-state index in [1.54, 1.807) is 6.07 Å². The number of aromatic hydroxyl groups is 1. The summed E-state index contributed by atoms with van der Waals surface area (Å²) in [6.07, 6.45) is 0. The van der Waals surface area contributed by atoms with Gasteiger partial charge in [0.1, 0.15) is 5.75 Å². The lowest BCUT2D eigenvalue weighted by Gasteiger charge is -2.11. The number of esters is 1. The second kappa shape index (κ2) is 7.15. The molecule has 0 bridgehead atoms. The lowest BCUT2D eigenvalue weighted by Crippen LogP contribution is -2.21. The van der Waals surface area contributed by atoms with Crippen molar-refractivity contribution in [1.82, 2.24) is 0 Å². The normalized spacial score (nSPS) is 10.2. The number of amides is 1. The van der Waals surface area contributed by atoms with Crippen LogP contribution in [0, 0.1) is 13.8 Å². The molecular formula is C17H16ClNO4. The van der Waals surface area contributed by atoms with Crippen molar-refractivity contribution in [3.05, 3.63) is 58.1 Å². The van der Waals surface area contributed by atoms with Gasteiger partial charge < -0.3 is 15.2 Å². The molecule has 1 amide bonds. The highest BCUT2D eigenvalue weighted by atomic mass is 35.5. The van der Waals surface area contributed by atoms with Gasteiger partial charge >= 0.3 is 5.97 Å². The summed E-state index contributed by atoms with van der Waals surface area (Å²) < 4.78 is 4.93. The summed E-state index contributed by atoms with van der Waals surface area (Å²) in [5, 5.41) is 12.2. The number of anilines is 1. The summed E-state index contributed by atoms with van der Waals surface area (Å²) in [5.41, 5.74) is 2.57. The number of halogens is 1. The molecule has 2 N–H and O–H groups in total. The van der Waals surface area contributed by atoms with Gasteiger partial charge in [-0.1, -0.05) is 17.7 Å². The number of hydrogen-bond acceptors (Lipinski definition) is 4. The molecule has 120 valence electrons. The minimum absolute atomic E-state index is 0.0452. The first-order chi connectivity index (χ1) is 10.9. The average molecular weight is 334 g/mol. The van der Waals surface area contributed by atoms with Crippen molar-refractivity contribution in [3.8, 4) is 5.75 Å². The quantitative estimate of drug-likeness (QED) is 0.840. The first-order valence-corrected chi connectivity index (χ1v) is 7.27. The molecular weight excluding hydrogens is 318 g/mol. The number of ether oxygens (including phenoxy) is 1. The van der Waals surface area contributed by atoms with E-state index in [-0.39, 0.29) is 11.3 Å². The highest BCUT2D eigenvalue weighted by Crippen LogP contribution is 2.27. The Balaban J connectivity index is 1.95. The zero-order valence-electron chi connectivity index (χ0n) is 12.7. The number of hydrogen-bond donors (Lipinski definition) is 2. The predicted octanol–water partition coefficient (Wildman–Crippen LogP) is 3.46. The fourth-order valence-corrected chi connectivity index (χ4v) is 2.43. The van der Waals surface area contributed by atoms with Crippen LogP contribution in [0.25, 0.3) is 0 Å². The molecule has 0 spiro atoms. The molecule has 2 aromatic rings. The summed E-state index contributed by atoms with van der Waals surface area (Å²) >= 11 is 6.11. The van der Waals surface area contributed by atoms with E-state index in [1.807, 2.05) is 19.9 Å². The van der Waals surface area contributed by atoms with Crippen LogP contribution in [0.2, 0.25) is 5.02 Å². The molecule has 0 aromatic heterocycles. The van der Waals surface area contributed by atoms with Gasteiger partial charge in [0, 0.05) is 0 Å². The van der Waals surface area contributed by atoms with Crippen molar-refractivity contribution in [1.29, 1.82) is 0 Å². The van der Waals surface area contributed by atoms with E-state index in [2.05, 4.69) is 5.32 Å². The maximum atomic E-state index is 11.9. The van der Waals surface area contributed by atoms with Crippen LogP contribution < -0.4 is 5.32 Å². The number of carbonyl (C=O) groups excluding carboxylic acids is 2. The number of aryl methyl sites for hydroxylation is 2. The largest absolute Gasteiger partial charge is 0.508 e. The van der Waals surface area contributed by atoms with Gasteiger partial charge in [0.2, 0.25) is 0 Å². The fraction of sp³-hybridized carbons (Fsp3) is 0.176. The third-order valence-electron chi connectivity index (χ3n) is 3.13. The monoisotopic (exact) mass is 333 g/mol. The first kappa shape index (κ1) is 16.8. The Morgan fingerprint density at radius 1 is 1.17 bits per heavy atom. The van der Waals surface area contributed by atoms with Crippen LogP contribution in [0.5, 0.6) is 5.75 Å². The van der Waals surface area contributed by atoms with Crippen LogP contribution >= 0.6 is 11.6 Å². The number of phenolic OH excluding ortho intramolecular Hbond substituents is 1. The van der Waals surface area contributed by atoms with Crippen LogP contribution in [0.15, 0.2) is 36.4 Å². The molecule has 0 aliphatic heterocycles. The van der Waals surface area contributed by atoms with E-state index >= 15 is 0 Å². The predicted molar refractivity (Wildman–Crippen MR) is 87.9 cm³/mol. The number of phenols is 1. The molecule has 2 aromatic carbocycles. The molecule has 0 aliphatic rings. The van der Waals surface area contributed by atoms with Gasteiger partial charge in [-0.25, -0.2) is 4.79 Å². The van der Waals surface area contributed by atoms with E-state index in [4.69, 9.17) is 21.4 Å². The Kier molecular flexibility index (Phi) is 5.24. The van der Waals surface area contributed by atoms with Crippen molar-refractivity contribution in [2.45, 2.75) is 13.8 Å². The van der Waals surface area contributed by atoms with Crippen molar-refractivity contribution in [3.63, 3.8) is 0 Å². The van der Waals surface area contributed by atoms with E-state index in [0.29, 0.717) is 10.7 Å². The smallest absolute Gasteiger partial charge is 0.338 e. The summed E-state index contributed by atoms with van der Waals surface area (Å²) in [6.45, 7) is 3.31. The highest BCUT2D eigenvalue weighted by molar-refractivity contribution is 6.34. The third-order valence-corrected chi connectivity index (χ3v) is 3.43. The van der Waals surface area contributed by atoms with Crippen molar-refractivity contribution in [2.75, 3.05) is 11.9 Å². The first-order valence-electron chi connectivity index (χ1n) is 6.89. The third kappa shape index (κ3) is 4.47. The van der Waals surface area contributed by atoms with E-state index in [0.717, 1.165) is 11.1 Å². The molecule has 0 heterocycles. The maximum Gasteiger partial charge on any atom is 0.338 e. The maximum absolute atomic E-state index is 11.9. The van der Waals surface area contributed by atoms with Gasteiger partial charge in [0.15, 0.2) is 6.61 Å². The topological polar surface area (TPSA) is 75.6 Å². The van der Waals surface area contributed by atoms with Crippen molar-refractivity contribution < 1.29 is 19.4 Å². The standard InChI is InChI=1S/C17H16ClNO4/c1-10-7-11(2)16(14(18)8-10)19-15(21)9-23-17(22)12-3-5-13(20)6-4-12/h3-8,20H,9H2,1-2H3,(H,19,21). The number of rotatable bonds is 4. The van der Waals surface area contributed by atoms with Gasteiger partial charge in [-0.05, 0) is 55.3 Å². The molecule has 0 aliphatic carbocycles. The summed E-state index contributed by atoms with van der Waals surface area (Å²) in [6, 6.07) is 9.20. The van der Waals surface area contributed by atoms with E-state index < -0.39 is 18.5 Å². The molecule has 0 radical (unpaired) electrons. The molecule has 0 saturated carbocycles. The number of carbonyl (C=O) groups is 2. The van der Waals surface area contributed by atoms with Crippen molar-refractivity contribution >= 4 is 29.2 Å². The highest BCUT2D eigenvalue weighted by Gasteiger charge is 2.13. The molecule has 23 heavy (non-hydrogen) atoms. The summed E-state index contributed by atoms with van der Waals surface area (Å²) in [7, 11) is 0. The van der Waals surface area contributed by atoms with Gasteiger partial charge in [-0.15, -0.1) is 0 Å². The van der Waals surface area contributed by atoms with Crippen LogP contribution in [0.1, 0.15) is 21.5 Å². The number of nitrogens with one attached hydrogen (secondary N) is 1. The molecule has 2 rings (SSSR count). The zero-order valence-corrected chi connectivity index (χ0v) is 13.5. The Morgan fingerprint density at radius 2 is 1.83 bits per heavy atom. The second-order valence-electron chi connectivity index (χ2n) is 5.11. The molecule has 0 fully saturated rings. The van der Waals surface area contributed by atoms with Gasteiger partial charge in [0.05, 0.1) is 16.3 Å².